The van der Waals surface area contributed by atoms with E-state index in [0.29, 0.717) is 0 Å². The predicted octanol–water partition coefficient (Wildman–Crippen LogP) is 0.969. The summed E-state index contributed by atoms with van der Waals surface area (Å²) in [7, 11) is 3.23. The fourth-order valence-electron chi connectivity index (χ4n) is 1.35. The van der Waals surface area contributed by atoms with Gasteiger partial charge in [-0.2, -0.15) is 0 Å². The molecule has 1 aliphatic carbocycles. The van der Waals surface area contributed by atoms with Gasteiger partial charge in [0, 0.05) is 0 Å². The van der Waals surface area contributed by atoms with Crippen LogP contribution in [0.2, 0.25) is 0 Å². The molecular formula is C8H16ClNO2. The summed E-state index contributed by atoms with van der Waals surface area (Å²) in [5, 5.41) is 2.98. The number of carbonyl (C=O) groups excluding carboxylic acids is 1. The van der Waals surface area contributed by atoms with Gasteiger partial charge < -0.3 is 10.1 Å². The van der Waals surface area contributed by atoms with E-state index >= 15 is 0 Å². The zero-order valence-corrected chi connectivity index (χ0v) is 8.53. The molecule has 12 heavy (non-hydrogen) atoms. The maximum Gasteiger partial charge on any atom is 0.323 e. The van der Waals surface area contributed by atoms with Crippen LogP contribution in [0.25, 0.3) is 0 Å². The Bertz CT molecular complexity index is 168. The van der Waals surface area contributed by atoms with Gasteiger partial charge in [0.1, 0.15) is 6.04 Å². The minimum Gasteiger partial charge on any atom is -0.468 e. The topological polar surface area (TPSA) is 38.3 Å². The number of halogens is 1. The second kappa shape index (κ2) is 4.10. The molecule has 0 saturated heterocycles. The molecular weight excluding hydrogens is 178 g/mol. The van der Waals surface area contributed by atoms with Gasteiger partial charge in [-0.1, -0.05) is 6.92 Å². The number of hydrogen-bond acceptors (Lipinski definition) is 3. The van der Waals surface area contributed by atoms with Crippen LogP contribution in [0.15, 0.2) is 0 Å². The molecule has 0 radical (unpaired) electrons. The maximum absolute atomic E-state index is 11.1. The Labute approximate surface area is 79.3 Å². The van der Waals surface area contributed by atoms with Crippen molar-refractivity contribution in [3.05, 3.63) is 0 Å². The van der Waals surface area contributed by atoms with Crippen molar-refractivity contribution in [2.24, 2.45) is 5.41 Å². The van der Waals surface area contributed by atoms with Crippen LogP contribution in [0.5, 0.6) is 0 Å². The van der Waals surface area contributed by atoms with Gasteiger partial charge in [0.2, 0.25) is 0 Å². The highest BCUT2D eigenvalue weighted by molar-refractivity contribution is 5.85. The van der Waals surface area contributed by atoms with Crippen molar-refractivity contribution in [2.45, 2.75) is 25.8 Å². The van der Waals surface area contributed by atoms with E-state index in [1.54, 1.807) is 7.05 Å². The molecule has 1 fully saturated rings. The molecule has 0 spiro atoms. The summed E-state index contributed by atoms with van der Waals surface area (Å²) >= 11 is 0. The first-order chi connectivity index (χ1) is 5.14. The number of methoxy groups -OCH3 is 1. The Morgan fingerprint density at radius 2 is 2.08 bits per heavy atom. The Balaban J connectivity index is 0.00000121. The molecule has 1 atom stereocenters. The highest BCUT2D eigenvalue weighted by atomic mass is 35.5. The van der Waals surface area contributed by atoms with Gasteiger partial charge >= 0.3 is 5.97 Å². The van der Waals surface area contributed by atoms with E-state index in [1.165, 1.54) is 7.11 Å². The third-order valence-corrected chi connectivity index (χ3v) is 2.46. The van der Waals surface area contributed by atoms with E-state index < -0.39 is 0 Å². The molecule has 0 amide bonds. The van der Waals surface area contributed by atoms with Crippen LogP contribution >= 0.6 is 12.4 Å². The Kier molecular flexibility index (Phi) is 4.00. The number of esters is 1. The quantitative estimate of drug-likeness (QED) is 0.679. The zero-order valence-electron chi connectivity index (χ0n) is 7.72. The molecule has 0 heterocycles. The van der Waals surface area contributed by atoms with Gasteiger partial charge in [0.15, 0.2) is 0 Å². The Hall–Kier alpha value is -0.280. The van der Waals surface area contributed by atoms with Gasteiger partial charge in [-0.05, 0) is 25.3 Å². The Morgan fingerprint density at radius 1 is 1.58 bits per heavy atom. The largest absolute Gasteiger partial charge is 0.468 e. The van der Waals surface area contributed by atoms with Crippen molar-refractivity contribution >= 4 is 18.4 Å². The van der Waals surface area contributed by atoms with Crippen LogP contribution in [0.1, 0.15) is 19.8 Å². The summed E-state index contributed by atoms with van der Waals surface area (Å²) in [6.45, 7) is 2.10. The van der Waals surface area contributed by atoms with Crippen molar-refractivity contribution in [1.82, 2.24) is 5.32 Å². The molecule has 0 aromatic heterocycles. The third-order valence-electron chi connectivity index (χ3n) is 2.46. The first kappa shape index (κ1) is 11.7. The van der Waals surface area contributed by atoms with E-state index in [2.05, 4.69) is 17.0 Å². The second-order valence-electron chi connectivity index (χ2n) is 3.40. The van der Waals surface area contributed by atoms with Gasteiger partial charge in [-0.25, -0.2) is 0 Å². The summed E-state index contributed by atoms with van der Waals surface area (Å²) in [5.74, 6) is -0.146. The van der Waals surface area contributed by atoms with E-state index in [9.17, 15) is 4.79 Å². The number of ether oxygens (including phenoxy) is 1. The van der Waals surface area contributed by atoms with Crippen LogP contribution in [0.3, 0.4) is 0 Å². The number of carbonyl (C=O) groups is 1. The van der Waals surface area contributed by atoms with Gasteiger partial charge in [0.25, 0.3) is 0 Å². The Morgan fingerprint density at radius 3 is 2.33 bits per heavy atom. The number of hydrogen-bond donors (Lipinski definition) is 1. The summed E-state index contributed by atoms with van der Waals surface area (Å²) < 4.78 is 4.67. The molecule has 4 heteroatoms. The zero-order chi connectivity index (χ0) is 8.48. The van der Waals surface area contributed by atoms with Gasteiger partial charge in [-0.3, -0.25) is 4.79 Å². The lowest BCUT2D eigenvalue weighted by atomic mass is 9.99. The number of likely N-dealkylation sites (N-methyl/N-ethyl adjacent to an activating group) is 1. The molecule has 0 aromatic carbocycles. The fourth-order valence-corrected chi connectivity index (χ4v) is 1.35. The summed E-state index contributed by atoms with van der Waals surface area (Å²) in [5.41, 5.74) is 0.155. The van der Waals surface area contributed by atoms with Crippen LogP contribution in [-0.2, 0) is 9.53 Å². The minimum absolute atomic E-state index is 0. The first-order valence-corrected chi connectivity index (χ1v) is 3.89. The van der Waals surface area contributed by atoms with Gasteiger partial charge in [-0.15, -0.1) is 12.4 Å². The number of rotatable bonds is 3. The average molecular weight is 194 g/mol. The van der Waals surface area contributed by atoms with E-state index in [0.717, 1.165) is 12.8 Å². The lowest BCUT2D eigenvalue weighted by Crippen LogP contribution is -2.41. The lowest BCUT2D eigenvalue weighted by Gasteiger charge is -2.19. The SMILES string of the molecule is CNC(C(=O)OC)C1(C)CC1.Cl. The second-order valence-corrected chi connectivity index (χ2v) is 3.40. The normalized spacial score (nSPS) is 20.6. The predicted molar refractivity (Wildman–Crippen MR) is 49.5 cm³/mol. The van der Waals surface area contributed by atoms with Crippen molar-refractivity contribution in [1.29, 1.82) is 0 Å². The molecule has 0 aromatic rings. The number of nitrogens with one attached hydrogen (secondary N) is 1. The molecule has 0 bridgehead atoms. The molecule has 1 aliphatic rings. The molecule has 1 N–H and O–H groups in total. The van der Waals surface area contributed by atoms with E-state index in [4.69, 9.17) is 0 Å². The van der Waals surface area contributed by atoms with E-state index in [1.807, 2.05) is 0 Å². The van der Waals surface area contributed by atoms with Crippen LogP contribution < -0.4 is 5.32 Å². The highest BCUT2D eigenvalue weighted by Crippen LogP contribution is 2.48. The molecule has 0 aliphatic heterocycles. The van der Waals surface area contributed by atoms with E-state index in [-0.39, 0.29) is 29.8 Å². The van der Waals surface area contributed by atoms with Gasteiger partial charge in [0.05, 0.1) is 7.11 Å². The summed E-state index contributed by atoms with van der Waals surface area (Å²) in [6, 6.07) is -0.118. The molecule has 1 unspecified atom stereocenters. The van der Waals surface area contributed by atoms with Crippen LogP contribution in [0, 0.1) is 5.41 Å². The smallest absolute Gasteiger partial charge is 0.323 e. The standard InChI is InChI=1S/C8H15NO2.ClH/c1-8(4-5-8)6(9-2)7(10)11-3;/h6,9H,4-5H2,1-3H3;1H. The average Bonchev–Trinajstić information content (AvgIpc) is 2.70. The molecule has 1 saturated carbocycles. The molecule has 1 rings (SSSR count). The molecule has 72 valence electrons. The van der Waals surface area contributed by atoms with Crippen molar-refractivity contribution in [3.8, 4) is 0 Å². The van der Waals surface area contributed by atoms with Crippen molar-refractivity contribution in [3.63, 3.8) is 0 Å². The summed E-state index contributed by atoms with van der Waals surface area (Å²) in [6.07, 6.45) is 2.24. The van der Waals surface area contributed by atoms with Crippen LogP contribution in [0.4, 0.5) is 0 Å². The lowest BCUT2D eigenvalue weighted by molar-refractivity contribution is -0.144. The van der Waals surface area contributed by atoms with Crippen molar-refractivity contribution in [2.75, 3.05) is 14.2 Å². The first-order valence-electron chi connectivity index (χ1n) is 3.89. The van der Waals surface area contributed by atoms with Crippen molar-refractivity contribution < 1.29 is 9.53 Å². The highest BCUT2D eigenvalue weighted by Gasteiger charge is 2.48. The third kappa shape index (κ3) is 2.11. The van der Waals surface area contributed by atoms with Crippen LogP contribution in [-0.4, -0.2) is 26.2 Å². The fraction of sp³-hybridized carbons (Fsp3) is 0.875. The summed E-state index contributed by atoms with van der Waals surface area (Å²) in [4.78, 5) is 11.1. The monoisotopic (exact) mass is 193 g/mol. The maximum atomic E-state index is 11.1. The minimum atomic E-state index is -0.146. The molecule has 3 nitrogen and oxygen atoms in total.